The Hall–Kier alpha value is -1.56. The van der Waals surface area contributed by atoms with Crippen LogP contribution in [0, 0.1) is 11.7 Å². The number of likely N-dealkylation sites (tertiary alicyclic amines) is 1. The highest BCUT2D eigenvalue weighted by Crippen LogP contribution is 2.26. The number of nitrogens with zero attached hydrogens (tertiary/aromatic N) is 2. The molecule has 0 saturated carbocycles. The molecule has 2 heterocycles. The van der Waals surface area contributed by atoms with Crippen molar-refractivity contribution < 1.29 is 14.0 Å². The van der Waals surface area contributed by atoms with Crippen LogP contribution in [0.25, 0.3) is 0 Å². The van der Waals surface area contributed by atoms with Gasteiger partial charge in [0.15, 0.2) is 0 Å². The molecule has 25 heavy (non-hydrogen) atoms. The minimum absolute atomic E-state index is 0.0110. The van der Waals surface area contributed by atoms with Crippen molar-refractivity contribution in [1.82, 2.24) is 9.80 Å². The van der Waals surface area contributed by atoms with Gasteiger partial charge in [-0.3, -0.25) is 9.59 Å². The average Bonchev–Trinajstić information content (AvgIpc) is 2.67. The number of amides is 2. The van der Waals surface area contributed by atoms with Crippen molar-refractivity contribution in [3.05, 3.63) is 35.6 Å². The molecule has 0 spiro atoms. The number of carbonyl (C=O) groups excluding carboxylic acids is 2. The lowest BCUT2D eigenvalue weighted by Crippen LogP contribution is -2.46. The van der Waals surface area contributed by atoms with Crippen LogP contribution in [0.15, 0.2) is 24.3 Å². The molecule has 0 bridgehead atoms. The summed E-state index contributed by atoms with van der Waals surface area (Å²) in [5.41, 5.74) is 0.503. The maximum Gasteiger partial charge on any atom is 0.253 e. The molecule has 136 valence electrons. The molecular weight excluding hydrogens is 339 g/mol. The third-order valence-corrected chi connectivity index (χ3v) is 6.36. The second kappa shape index (κ2) is 8.21. The zero-order valence-electron chi connectivity index (χ0n) is 14.6. The van der Waals surface area contributed by atoms with Gasteiger partial charge in [0, 0.05) is 37.7 Å². The standard InChI is InChI=1S/C19H25FN2O2S/c1-21(17-8-12-25-13-9-17)18(23)15-6-10-22(11-7-15)19(24)14-2-4-16(20)5-3-14/h2-5,15,17H,6-13H2,1H3. The molecule has 2 aliphatic rings. The summed E-state index contributed by atoms with van der Waals surface area (Å²) < 4.78 is 13.0. The summed E-state index contributed by atoms with van der Waals surface area (Å²) in [5, 5.41) is 0. The minimum Gasteiger partial charge on any atom is -0.342 e. The molecule has 2 aliphatic heterocycles. The quantitative estimate of drug-likeness (QED) is 0.828. The molecule has 0 atom stereocenters. The van der Waals surface area contributed by atoms with Crippen molar-refractivity contribution in [2.45, 2.75) is 31.7 Å². The Morgan fingerprint density at radius 1 is 1.08 bits per heavy atom. The summed E-state index contributed by atoms with van der Waals surface area (Å²) in [5.74, 6) is 2.08. The lowest BCUT2D eigenvalue weighted by atomic mass is 9.94. The SMILES string of the molecule is CN(C(=O)C1CCN(C(=O)c2ccc(F)cc2)CC1)C1CCSCC1. The number of thioether (sulfide) groups is 1. The fourth-order valence-electron chi connectivity index (χ4n) is 3.64. The van der Waals surface area contributed by atoms with Gasteiger partial charge in [-0.25, -0.2) is 4.39 Å². The van der Waals surface area contributed by atoms with E-state index in [-0.39, 0.29) is 23.5 Å². The zero-order valence-corrected chi connectivity index (χ0v) is 15.4. The molecular formula is C19H25FN2O2S. The summed E-state index contributed by atoms with van der Waals surface area (Å²) in [4.78, 5) is 28.9. The Labute approximate surface area is 152 Å². The smallest absolute Gasteiger partial charge is 0.253 e. The van der Waals surface area contributed by atoms with Gasteiger partial charge in [-0.1, -0.05) is 0 Å². The molecule has 2 fully saturated rings. The topological polar surface area (TPSA) is 40.6 Å². The van der Waals surface area contributed by atoms with E-state index in [1.165, 1.54) is 24.3 Å². The first kappa shape index (κ1) is 18.2. The van der Waals surface area contributed by atoms with E-state index in [4.69, 9.17) is 0 Å². The van der Waals surface area contributed by atoms with Crippen LogP contribution in [-0.2, 0) is 4.79 Å². The minimum atomic E-state index is -0.343. The Kier molecular flexibility index (Phi) is 5.99. The molecule has 0 aromatic heterocycles. The van der Waals surface area contributed by atoms with Crippen molar-refractivity contribution >= 4 is 23.6 Å². The number of hydrogen-bond acceptors (Lipinski definition) is 3. The Balaban J connectivity index is 1.53. The largest absolute Gasteiger partial charge is 0.342 e. The third-order valence-electron chi connectivity index (χ3n) is 5.31. The van der Waals surface area contributed by atoms with E-state index in [9.17, 15) is 14.0 Å². The molecule has 4 nitrogen and oxygen atoms in total. The van der Waals surface area contributed by atoms with Crippen LogP contribution in [0.1, 0.15) is 36.0 Å². The van der Waals surface area contributed by atoms with Crippen molar-refractivity contribution in [3.8, 4) is 0 Å². The van der Waals surface area contributed by atoms with Crippen LogP contribution >= 0.6 is 11.8 Å². The summed E-state index contributed by atoms with van der Waals surface area (Å²) in [6, 6.07) is 6.02. The van der Waals surface area contributed by atoms with E-state index in [2.05, 4.69) is 0 Å². The van der Waals surface area contributed by atoms with Gasteiger partial charge in [0.2, 0.25) is 5.91 Å². The predicted molar refractivity (Wildman–Crippen MR) is 98.1 cm³/mol. The Bertz CT molecular complexity index is 608. The van der Waals surface area contributed by atoms with E-state index in [1.54, 1.807) is 4.90 Å². The number of rotatable bonds is 3. The van der Waals surface area contributed by atoms with Gasteiger partial charge in [-0.15, -0.1) is 0 Å². The highest BCUT2D eigenvalue weighted by Gasteiger charge is 2.32. The molecule has 2 amide bonds. The summed E-state index contributed by atoms with van der Waals surface area (Å²) in [7, 11) is 1.93. The molecule has 0 aliphatic carbocycles. The fraction of sp³-hybridized carbons (Fsp3) is 0.579. The highest BCUT2D eigenvalue weighted by molar-refractivity contribution is 7.99. The van der Waals surface area contributed by atoms with Crippen LogP contribution in [0.2, 0.25) is 0 Å². The zero-order chi connectivity index (χ0) is 17.8. The lowest BCUT2D eigenvalue weighted by molar-refractivity contribution is -0.137. The van der Waals surface area contributed by atoms with E-state index in [0.29, 0.717) is 37.5 Å². The van der Waals surface area contributed by atoms with Crippen molar-refractivity contribution in [2.24, 2.45) is 5.92 Å². The van der Waals surface area contributed by atoms with Crippen molar-refractivity contribution in [3.63, 3.8) is 0 Å². The number of halogens is 1. The maximum atomic E-state index is 13.0. The summed E-state index contributed by atoms with van der Waals surface area (Å²) in [6.07, 6.45) is 3.57. The first-order chi connectivity index (χ1) is 12.1. The normalized spacial score (nSPS) is 19.7. The van der Waals surface area contributed by atoms with Gasteiger partial charge in [-0.2, -0.15) is 11.8 Å². The number of piperidine rings is 1. The Morgan fingerprint density at radius 3 is 2.28 bits per heavy atom. The van der Waals surface area contributed by atoms with E-state index in [0.717, 1.165) is 24.3 Å². The predicted octanol–water partition coefficient (Wildman–Crippen LogP) is 3.03. The summed E-state index contributed by atoms with van der Waals surface area (Å²) in [6.45, 7) is 1.17. The van der Waals surface area contributed by atoms with Crippen LogP contribution in [0.5, 0.6) is 0 Å². The Morgan fingerprint density at radius 2 is 1.68 bits per heavy atom. The summed E-state index contributed by atoms with van der Waals surface area (Å²) >= 11 is 1.96. The van der Waals surface area contributed by atoms with Crippen molar-refractivity contribution in [2.75, 3.05) is 31.6 Å². The van der Waals surface area contributed by atoms with Gasteiger partial charge >= 0.3 is 0 Å². The lowest BCUT2D eigenvalue weighted by Gasteiger charge is -2.37. The maximum absolute atomic E-state index is 13.0. The number of carbonyl (C=O) groups is 2. The van der Waals surface area contributed by atoms with Gasteiger partial charge in [0.05, 0.1) is 0 Å². The van der Waals surface area contributed by atoms with Crippen molar-refractivity contribution in [1.29, 1.82) is 0 Å². The highest BCUT2D eigenvalue weighted by atomic mass is 32.2. The first-order valence-corrected chi connectivity index (χ1v) is 10.1. The second-order valence-corrected chi connectivity index (χ2v) is 8.09. The van der Waals surface area contributed by atoms with Gasteiger partial charge < -0.3 is 9.80 Å². The van der Waals surface area contributed by atoms with Crippen LogP contribution in [0.4, 0.5) is 4.39 Å². The van der Waals surface area contributed by atoms with E-state index in [1.807, 2.05) is 23.7 Å². The number of benzene rings is 1. The molecule has 0 N–H and O–H groups in total. The van der Waals surface area contributed by atoms with Crippen LogP contribution < -0.4 is 0 Å². The molecule has 6 heteroatoms. The third kappa shape index (κ3) is 4.35. The second-order valence-electron chi connectivity index (χ2n) is 6.87. The molecule has 1 aromatic carbocycles. The molecule has 1 aromatic rings. The fourth-order valence-corrected chi connectivity index (χ4v) is 4.73. The van der Waals surface area contributed by atoms with E-state index < -0.39 is 0 Å². The molecule has 0 unspecified atom stereocenters. The van der Waals surface area contributed by atoms with Gasteiger partial charge in [0.1, 0.15) is 5.82 Å². The molecule has 3 rings (SSSR count). The van der Waals surface area contributed by atoms with Crippen LogP contribution in [0.3, 0.4) is 0 Å². The first-order valence-electron chi connectivity index (χ1n) is 8.95. The molecule has 2 saturated heterocycles. The van der Waals surface area contributed by atoms with Gasteiger partial charge in [0.25, 0.3) is 5.91 Å². The van der Waals surface area contributed by atoms with Gasteiger partial charge in [-0.05, 0) is 61.5 Å². The van der Waals surface area contributed by atoms with Crippen LogP contribution in [-0.4, -0.2) is 59.3 Å². The van der Waals surface area contributed by atoms with E-state index >= 15 is 0 Å². The number of hydrogen-bond donors (Lipinski definition) is 0. The average molecular weight is 364 g/mol. The molecule has 0 radical (unpaired) electrons. The monoisotopic (exact) mass is 364 g/mol.